The van der Waals surface area contributed by atoms with E-state index in [9.17, 15) is 15.0 Å². The minimum atomic E-state index is -0.647. The molecule has 1 amide bonds. The number of amides is 1. The molecule has 3 aromatic carbocycles. The quantitative estimate of drug-likeness (QED) is 0.609. The lowest BCUT2D eigenvalue weighted by molar-refractivity contribution is 0.0974. The maximum Gasteiger partial charge on any atom is 0.262 e. The van der Waals surface area contributed by atoms with Gasteiger partial charge in [-0.2, -0.15) is 0 Å². The number of para-hydroxylation sites is 2. The van der Waals surface area contributed by atoms with Gasteiger partial charge in [0.2, 0.25) is 0 Å². The summed E-state index contributed by atoms with van der Waals surface area (Å²) in [6.45, 7) is 1.96. The van der Waals surface area contributed by atoms with Crippen molar-refractivity contribution in [2.45, 2.75) is 13.1 Å². The summed E-state index contributed by atoms with van der Waals surface area (Å²) in [4.78, 5) is 14.9. The third kappa shape index (κ3) is 2.54. The van der Waals surface area contributed by atoms with Crippen molar-refractivity contribution in [3.63, 3.8) is 0 Å². The first kappa shape index (κ1) is 16.0. The second kappa shape index (κ2) is 6.11. The summed E-state index contributed by atoms with van der Waals surface area (Å²) in [5.41, 5.74) is 3.41. The van der Waals surface area contributed by atoms with Crippen molar-refractivity contribution >= 4 is 17.3 Å². The van der Waals surface area contributed by atoms with Crippen LogP contribution in [0.4, 0.5) is 11.4 Å². The summed E-state index contributed by atoms with van der Waals surface area (Å²) in [7, 11) is 0. The van der Waals surface area contributed by atoms with Crippen LogP contribution in [0, 0.1) is 6.92 Å². The Kier molecular flexibility index (Phi) is 3.77. The largest absolute Gasteiger partial charge is 0.504 e. The predicted octanol–water partition coefficient (Wildman–Crippen LogP) is 4.18. The van der Waals surface area contributed by atoms with Crippen molar-refractivity contribution in [1.82, 2.24) is 0 Å². The topological polar surface area (TPSA) is 72.8 Å². The summed E-state index contributed by atoms with van der Waals surface area (Å²) in [5, 5.41) is 23.6. The Morgan fingerprint density at radius 2 is 1.73 bits per heavy atom. The van der Waals surface area contributed by atoms with E-state index in [2.05, 4.69) is 5.32 Å². The molecule has 3 aromatic rings. The van der Waals surface area contributed by atoms with E-state index in [1.165, 1.54) is 6.07 Å². The molecule has 0 aromatic heterocycles. The predicted molar refractivity (Wildman–Crippen MR) is 101 cm³/mol. The number of anilines is 2. The molecular formula is C21H18N2O3. The van der Waals surface area contributed by atoms with Gasteiger partial charge in [-0.25, -0.2) is 0 Å². The van der Waals surface area contributed by atoms with Crippen LogP contribution in [0.2, 0.25) is 0 Å². The number of nitrogens with one attached hydrogen (secondary N) is 1. The molecule has 26 heavy (non-hydrogen) atoms. The number of hydrogen-bond donors (Lipinski definition) is 3. The third-order valence-electron chi connectivity index (χ3n) is 4.55. The van der Waals surface area contributed by atoms with Gasteiger partial charge in [-0.1, -0.05) is 36.4 Å². The van der Waals surface area contributed by atoms with Crippen LogP contribution in [0.25, 0.3) is 0 Å². The van der Waals surface area contributed by atoms with E-state index in [0.717, 1.165) is 5.56 Å². The van der Waals surface area contributed by atoms with E-state index >= 15 is 0 Å². The van der Waals surface area contributed by atoms with E-state index < -0.39 is 6.17 Å². The van der Waals surface area contributed by atoms with Crippen LogP contribution in [0.15, 0.2) is 66.7 Å². The fourth-order valence-corrected chi connectivity index (χ4v) is 3.28. The number of rotatable bonds is 2. The van der Waals surface area contributed by atoms with Gasteiger partial charge in [0.1, 0.15) is 6.17 Å². The lowest BCUT2D eigenvalue weighted by Gasteiger charge is -2.38. The van der Waals surface area contributed by atoms with Crippen LogP contribution in [-0.2, 0) is 0 Å². The molecule has 3 N–H and O–H groups in total. The molecule has 0 bridgehead atoms. The minimum absolute atomic E-state index is 0.169. The molecule has 0 saturated carbocycles. The number of nitrogens with zero attached hydrogens (tertiary/aromatic N) is 1. The fourth-order valence-electron chi connectivity index (χ4n) is 3.28. The normalized spacial score (nSPS) is 16.1. The Bertz CT molecular complexity index is 1000. The summed E-state index contributed by atoms with van der Waals surface area (Å²) in [6, 6.07) is 19.6. The van der Waals surface area contributed by atoms with Crippen molar-refractivity contribution in [1.29, 1.82) is 0 Å². The van der Waals surface area contributed by atoms with Crippen LogP contribution in [0.3, 0.4) is 0 Å². The van der Waals surface area contributed by atoms with Crippen LogP contribution >= 0.6 is 0 Å². The van der Waals surface area contributed by atoms with E-state index in [0.29, 0.717) is 22.5 Å². The molecule has 0 fully saturated rings. The maximum atomic E-state index is 13.3. The Labute approximate surface area is 151 Å². The first-order valence-corrected chi connectivity index (χ1v) is 8.33. The molecule has 0 saturated heterocycles. The van der Waals surface area contributed by atoms with Gasteiger partial charge in [-0.15, -0.1) is 0 Å². The van der Waals surface area contributed by atoms with Crippen molar-refractivity contribution in [3.05, 3.63) is 83.4 Å². The van der Waals surface area contributed by atoms with Crippen molar-refractivity contribution in [3.8, 4) is 11.5 Å². The molecule has 0 radical (unpaired) electrons. The van der Waals surface area contributed by atoms with Crippen LogP contribution in [-0.4, -0.2) is 16.1 Å². The molecule has 0 aliphatic carbocycles. The van der Waals surface area contributed by atoms with Gasteiger partial charge in [0.15, 0.2) is 11.5 Å². The molecule has 4 rings (SSSR count). The Hall–Kier alpha value is -3.47. The Balaban J connectivity index is 1.92. The van der Waals surface area contributed by atoms with Gasteiger partial charge in [0.05, 0.1) is 5.56 Å². The summed E-state index contributed by atoms with van der Waals surface area (Å²) in [6.07, 6.45) is -0.647. The molecule has 1 aliphatic rings. The number of hydrogen-bond acceptors (Lipinski definition) is 4. The molecule has 5 heteroatoms. The molecule has 1 aliphatic heterocycles. The van der Waals surface area contributed by atoms with E-state index in [4.69, 9.17) is 0 Å². The highest BCUT2D eigenvalue weighted by Gasteiger charge is 2.35. The maximum absolute atomic E-state index is 13.3. The van der Waals surface area contributed by atoms with Crippen LogP contribution in [0.1, 0.15) is 27.7 Å². The lowest BCUT2D eigenvalue weighted by atomic mass is 10.0. The number of fused-ring (bicyclic) bond motifs is 1. The van der Waals surface area contributed by atoms with Crippen molar-refractivity contribution in [2.75, 3.05) is 10.2 Å². The van der Waals surface area contributed by atoms with Gasteiger partial charge >= 0.3 is 0 Å². The molecule has 1 heterocycles. The average Bonchev–Trinajstić information content (AvgIpc) is 2.64. The van der Waals surface area contributed by atoms with E-state index in [1.54, 1.807) is 23.1 Å². The summed E-state index contributed by atoms with van der Waals surface area (Å²) < 4.78 is 0. The molecule has 0 unspecified atom stereocenters. The van der Waals surface area contributed by atoms with Gasteiger partial charge in [0, 0.05) is 16.9 Å². The second-order valence-electron chi connectivity index (χ2n) is 6.32. The molecule has 130 valence electrons. The summed E-state index contributed by atoms with van der Waals surface area (Å²) >= 11 is 0. The SMILES string of the molecule is Cc1cccc(N2C(=O)c3ccccc3N[C@@H]2c2cccc(O)c2O)c1. The number of carbonyl (C=O) groups is 1. The highest BCUT2D eigenvalue weighted by molar-refractivity contribution is 6.12. The Morgan fingerprint density at radius 1 is 0.962 bits per heavy atom. The molecular weight excluding hydrogens is 328 g/mol. The number of benzene rings is 3. The third-order valence-corrected chi connectivity index (χ3v) is 4.55. The number of phenolic OH excluding ortho intramolecular Hbond substituents is 2. The average molecular weight is 346 g/mol. The smallest absolute Gasteiger partial charge is 0.262 e. The number of aryl methyl sites for hydroxylation is 1. The first-order chi connectivity index (χ1) is 12.6. The Morgan fingerprint density at radius 3 is 2.54 bits per heavy atom. The number of aromatic hydroxyl groups is 2. The van der Waals surface area contributed by atoms with Gasteiger partial charge in [-0.3, -0.25) is 9.69 Å². The lowest BCUT2D eigenvalue weighted by Crippen LogP contribution is -2.43. The standard InChI is InChI=1S/C21H18N2O3/c1-13-6-4-7-14(12-13)23-20(16-9-5-11-18(24)19(16)25)22-17-10-3-2-8-15(17)21(23)26/h2-12,20,22,24-25H,1H3/t20-/m0/s1. The molecule has 1 atom stereocenters. The first-order valence-electron chi connectivity index (χ1n) is 8.33. The van der Waals surface area contributed by atoms with Crippen molar-refractivity contribution < 1.29 is 15.0 Å². The van der Waals surface area contributed by atoms with Crippen LogP contribution < -0.4 is 10.2 Å². The van der Waals surface area contributed by atoms with E-state index in [-0.39, 0.29) is 17.4 Å². The zero-order valence-corrected chi connectivity index (χ0v) is 14.2. The van der Waals surface area contributed by atoms with Gasteiger partial charge in [0.25, 0.3) is 5.91 Å². The monoisotopic (exact) mass is 346 g/mol. The number of phenols is 2. The zero-order valence-electron chi connectivity index (χ0n) is 14.2. The van der Waals surface area contributed by atoms with Crippen LogP contribution in [0.5, 0.6) is 11.5 Å². The van der Waals surface area contributed by atoms with E-state index in [1.807, 2.05) is 49.4 Å². The van der Waals surface area contributed by atoms with Crippen molar-refractivity contribution in [2.24, 2.45) is 0 Å². The number of carbonyl (C=O) groups excluding carboxylic acids is 1. The zero-order chi connectivity index (χ0) is 18.3. The molecule has 0 spiro atoms. The fraction of sp³-hybridized carbons (Fsp3) is 0.0952. The highest BCUT2D eigenvalue weighted by Crippen LogP contribution is 2.41. The minimum Gasteiger partial charge on any atom is -0.504 e. The molecule has 5 nitrogen and oxygen atoms in total. The summed E-state index contributed by atoms with van der Waals surface area (Å²) in [5.74, 6) is -0.632. The van der Waals surface area contributed by atoms with Gasteiger partial charge < -0.3 is 15.5 Å². The second-order valence-corrected chi connectivity index (χ2v) is 6.32. The highest BCUT2D eigenvalue weighted by atomic mass is 16.3. The van der Waals surface area contributed by atoms with Gasteiger partial charge in [-0.05, 0) is 42.8 Å².